The van der Waals surface area contributed by atoms with Gasteiger partial charge in [0.05, 0.1) is 12.6 Å². The van der Waals surface area contributed by atoms with Gasteiger partial charge < -0.3 is 15.4 Å². The van der Waals surface area contributed by atoms with Crippen LogP contribution in [-0.2, 0) is 11.3 Å². The lowest BCUT2D eigenvalue weighted by Gasteiger charge is -2.14. The number of nitrogens with zero attached hydrogens (tertiary/aromatic N) is 2. The molecule has 5 nitrogen and oxygen atoms in total. The summed E-state index contributed by atoms with van der Waals surface area (Å²) in [5.74, 6) is 0.836. The Kier molecular flexibility index (Phi) is 5.41. The second-order valence-corrected chi connectivity index (χ2v) is 5.12. The predicted octanol–water partition coefficient (Wildman–Crippen LogP) is 1.38. The quantitative estimate of drug-likeness (QED) is 0.625. The topological polar surface area (TPSA) is 58.5 Å². The number of nitrogens with one attached hydrogen (secondary N) is 2. The number of aliphatic imine (C=N–C) groups is 1. The summed E-state index contributed by atoms with van der Waals surface area (Å²) in [6.45, 7) is 5.25. The van der Waals surface area contributed by atoms with E-state index in [9.17, 15) is 0 Å². The number of ether oxygens (including phenoxy) is 1. The first-order valence-electron chi connectivity index (χ1n) is 6.40. The predicted molar refractivity (Wildman–Crippen MR) is 73.9 cm³/mol. The van der Waals surface area contributed by atoms with Gasteiger partial charge in [0.1, 0.15) is 5.01 Å². The lowest BCUT2D eigenvalue weighted by molar-refractivity contribution is 0.114. The second kappa shape index (κ2) is 7.33. The van der Waals surface area contributed by atoms with Crippen molar-refractivity contribution >= 4 is 17.3 Å². The van der Waals surface area contributed by atoms with E-state index < -0.39 is 0 Å². The van der Waals surface area contributed by atoms with Gasteiger partial charge in [-0.2, -0.15) is 0 Å². The first-order chi connectivity index (χ1) is 8.88. The Morgan fingerprint density at radius 3 is 3.22 bits per heavy atom. The van der Waals surface area contributed by atoms with Gasteiger partial charge in [0.15, 0.2) is 5.96 Å². The van der Waals surface area contributed by atoms with E-state index in [2.05, 4.69) is 27.5 Å². The van der Waals surface area contributed by atoms with Crippen molar-refractivity contribution in [1.29, 1.82) is 0 Å². The fourth-order valence-corrected chi connectivity index (χ4v) is 2.37. The van der Waals surface area contributed by atoms with Crippen LogP contribution < -0.4 is 10.6 Å². The van der Waals surface area contributed by atoms with E-state index in [4.69, 9.17) is 4.74 Å². The summed E-state index contributed by atoms with van der Waals surface area (Å²) < 4.78 is 5.58. The van der Waals surface area contributed by atoms with Gasteiger partial charge in [-0.15, -0.1) is 11.3 Å². The van der Waals surface area contributed by atoms with Crippen LogP contribution in [0.4, 0.5) is 0 Å². The SMILES string of the molecule is CCNC(=NCc1nccs1)NCC1CCCO1. The molecule has 2 N–H and O–H groups in total. The minimum Gasteiger partial charge on any atom is -0.376 e. The van der Waals surface area contributed by atoms with Crippen LogP contribution in [0.3, 0.4) is 0 Å². The van der Waals surface area contributed by atoms with Crippen LogP contribution in [0.5, 0.6) is 0 Å². The maximum absolute atomic E-state index is 5.58. The van der Waals surface area contributed by atoms with Crippen molar-refractivity contribution in [2.24, 2.45) is 4.99 Å². The highest BCUT2D eigenvalue weighted by Gasteiger charge is 2.15. The summed E-state index contributed by atoms with van der Waals surface area (Å²) in [6, 6.07) is 0. The van der Waals surface area contributed by atoms with E-state index in [1.807, 2.05) is 11.6 Å². The summed E-state index contributed by atoms with van der Waals surface area (Å²) in [4.78, 5) is 8.72. The second-order valence-electron chi connectivity index (χ2n) is 4.14. The van der Waals surface area contributed by atoms with E-state index in [0.29, 0.717) is 12.6 Å². The molecule has 18 heavy (non-hydrogen) atoms. The molecule has 1 fully saturated rings. The molecule has 1 saturated heterocycles. The number of hydrogen-bond acceptors (Lipinski definition) is 4. The van der Waals surface area contributed by atoms with Gasteiger partial charge >= 0.3 is 0 Å². The lowest BCUT2D eigenvalue weighted by atomic mass is 10.2. The molecule has 0 aromatic carbocycles. The summed E-state index contributed by atoms with van der Waals surface area (Å²) in [7, 11) is 0. The van der Waals surface area contributed by atoms with Crippen molar-refractivity contribution in [2.75, 3.05) is 19.7 Å². The third-order valence-electron chi connectivity index (χ3n) is 2.72. The molecular formula is C12H20N4OS. The zero-order valence-electron chi connectivity index (χ0n) is 10.7. The van der Waals surface area contributed by atoms with E-state index in [1.54, 1.807) is 11.3 Å². The first kappa shape index (κ1) is 13.3. The maximum atomic E-state index is 5.58. The molecule has 1 atom stereocenters. The standard InChI is InChI=1S/C12H20N4OS/c1-2-13-12(15-8-10-4-3-6-17-10)16-9-11-14-5-7-18-11/h5,7,10H,2-4,6,8-9H2,1H3,(H2,13,15,16). The van der Waals surface area contributed by atoms with Gasteiger partial charge in [-0.25, -0.2) is 9.98 Å². The molecule has 0 bridgehead atoms. The van der Waals surface area contributed by atoms with Crippen LogP contribution in [0.15, 0.2) is 16.6 Å². The maximum Gasteiger partial charge on any atom is 0.191 e. The number of thiazole rings is 1. The summed E-state index contributed by atoms with van der Waals surface area (Å²) in [6.07, 6.45) is 4.44. The Morgan fingerprint density at radius 1 is 1.61 bits per heavy atom. The Balaban J connectivity index is 1.80. The van der Waals surface area contributed by atoms with Crippen molar-refractivity contribution in [3.05, 3.63) is 16.6 Å². The molecule has 1 aromatic heterocycles. The molecule has 0 aliphatic carbocycles. The number of aromatic nitrogens is 1. The van der Waals surface area contributed by atoms with E-state index in [0.717, 1.165) is 37.1 Å². The fraction of sp³-hybridized carbons (Fsp3) is 0.667. The average molecular weight is 268 g/mol. The van der Waals surface area contributed by atoms with Crippen LogP contribution in [-0.4, -0.2) is 36.7 Å². The minimum absolute atomic E-state index is 0.328. The molecule has 0 radical (unpaired) electrons. The lowest BCUT2D eigenvalue weighted by Crippen LogP contribution is -2.41. The Hall–Kier alpha value is -1.14. The summed E-state index contributed by atoms with van der Waals surface area (Å²) in [5.41, 5.74) is 0. The molecule has 0 amide bonds. The molecule has 2 heterocycles. The number of rotatable bonds is 5. The van der Waals surface area contributed by atoms with E-state index in [1.165, 1.54) is 6.42 Å². The molecular weight excluding hydrogens is 248 g/mol. The monoisotopic (exact) mass is 268 g/mol. The molecule has 2 rings (SSSR count). The average Bonchev–Trinajstić information content (AvgIpc) is 3.05. The zero-order chi connectivity index (χ0) is 12.6. The van der Waals surface area contributed by atoms with Crippen LogP contribution in [0.2, 0.25) is 0 Å². The van der Waals surface area contributed by atoms with E-state index >= 15 is 0 Å². The van der Waals surface area contributed by atoms with Crippen LogP contribution in [0, 0.1) is 0 Å². The highest BCUT2D eigenvalue weighted by molar-refractivity contribution is 7.09. The molecule has 6 heteroatoms. The van der Waals surface area contributed by atoms with Crippen LogP contribution in [0.25, 0.3) is 0 Å². The normalized spacial score (nSPS) is 20.1. The highest BCUT2D eigenvalue weighted by Crippen LogP contribution is 2.10. The zero-order valence-corrected chi connectivity index (χ0v) is 11.5. The van der Waals surface area contributed by atoms with Crippen LogP contribution in [0.1, 0.15) is 24.8 Å². The number of hydrogen-bond donors (Lipinski definition) is 2. The van der Waals surface area contributed by atoms with Gasteiger partial charge in [-0.1, -0.05) is 0 Å². The van der Waals surface area contributed by atoms with Crippen molar-refractivity contribution in [3.63, 3.8) is 0 Å². The Morgan fingerprint density at radius 2 is 2.56 bits per heavy atom. The van der Waals surface area contributed by atoms with Gasteiger partial charge in [0.2, 0.25) is 0 Å². The van der Waals surface area contributed by atoms with Crippen molar-refractivity contribution in [1.82, 2.24) is 15.6 Å². The Bertz CT molecular complexity index is 360. The molecule has 1 aliphatic heterocycles. The third-order valence-corrected chi connectivity index (χ3v) is 3.49. The van der Waals surface area contributed by atoms with Gasteiger partial charge in [0.25, 0.3) is 0 Å². The fourth-order valence-electron chi connectivity index (χ4n) is 1.84. The van der Waals surface area contributed by atoms with Crippen molar-refractivity contribution in [2.45, 2.75) is 32.4 Å². The van der Waals surface area contributed by atoms with Crippen molar-refractivity contribution < 1.29 is 4.74 Å². The smallest absolute Gasteiger partial charge is 0.191 e. The molecule has 1 aromatic rings. The molecule has 0 saturated carbocycles. The minimum atomic E-state index is 0.328. The first-order valence-corrected chi connectivity index (χ1v) is 7.28. The largest absolute Gasteiger partial charge is 0.376 e. The van der Waals surface area contributed by atoms with E-state index in [-0.39, 0.29) is 0 Å². The molecule has 0 spiro atoms. The summed E-state index contributed by atoms with van der Waals surface area (Å²) >= 11 is 1.63. The van der Waals surface area contributed by atoms with Crippen LogP contribution >= 0.6 is 11.3 Å². The highest BCUT2D eigenvalue weighted by atomic mass is 32.1. The Labute approximate surface area is 112 Å². The van der Waals surface area contributed by atoms with Crippen molar-refractivity contribution in [3.8, 4) is 0 Å². The van der Waals surface area contributed by atoms with Gasteiger partial charge in [-0.3, -0.25) is 0 Å². The number of guanidine groups is 1. The van der Waals surface area contributed by atoms with Gasteiger partial charge in [-0.05, 0) is 19.8 Å². The summed E-state index contributed by atoms with van der Waals surface area (Å²) in [5, 5.41) is 9.55. The molecule has 1 unspecified atom stereocenters. The third kappa shape index (κ3) is 4.27. The molecule has 1 aliphatic rings. The molecule has 100 valence electrons. The van der Waals surface area contributed by atoms with Gasteiger partial charge in [0, 0.05) is 31.3 Å².